The molecule has 19 heavy (non-hydrogen) atoms. The molecule has 1 aromatic carbocycles. The van der Waals surface area contributed by atoms with Crippen molar-refractivity contribution >= 4 is 0 Å². The van der Waals surface area contributed by atoms with Crippen molar-refractivity contribution in [3.05, 3.63) is 35.4 Å². The number of nitrogens with two attached hydrogens (primary N) is 1. The highest BCUT2D eigenvalue weighted by Crippen LogP contribution is 2.24. The molecule has 1 unspecified atom stereocenters. The van der Waals surface area contributed by atoms with Gasteiger partial charge >= 0.3 is 0 Å². The van der Waals surface area contributed by atoms with E-state index in [4.69, 9.17) is 10.5 Å². The Bertz CT molecular complexity index is 373. The summed E-state index contributed by atoms with van der Waals surface area (Å²) in [6, 6.07) is 9.43. The summed E-state index contributed by atoms with van der Waals surface area (Å²) < 4.78 is 5.73. The Kier molecular flexibility index (Phi) is 5.37. The van der Waals surface area contributed by atoms with Crippen LogP contribution in [-0.2, 0) is 11.3 Å². The van der Waals surface area contributed by atoms with Crippen molar-refractivity contribution in [2.24, 2.45) is 5.73 Å². The zero-order valence-corrected chi connectivity index (χ0v) is 12.1. The Morgan fingerprint density at radius 2 is 2.00 bits per heavy atom. The second kappa shape index (κ2) is 7.04. The normalized spacial score (nSPS) is 16.8. The van der Waals surface area contributed by atoms with Crippen LogP contribution in [-0.4, -0.2) is 37.7 Å². The van der Waals surface area contributed by atoms with E-state index in [1.807, 2.05) is 0 Å². The minimum Gasteiger partial charge on any atom is -0.375 e. The second-order valence-corrected chi connectivity index (χ2v) is 5.64. The Morgan fingerprint density at radius 3 is 2.58 bits per heavy atom. The highest BCUT2D eigenvalue weighted by molar-refractivity contribution is 5.24. The molecule has 2 N–H and O–H groups in total. The van der Waals surface area contributed by atoms with E-state index < -0.39 is 0 Å². The molecule has 2 rings (SSSR count). The van der Waals surface area contributed by atoms with Gasteiger partial charge in [-0.3, -0.25) is 0 Å². The summed E-state index contributed by atoms with van der Waals surface area (Å²) in [5, 5.41) is 0. The quantitative estimate of drug-likeness (QED) is 0.731. The van der Waals surface area contributed by atoms with Crippen molar-refractivity contribution in [3.8, 4) is 0 Å². The summed E-state index contributed by atoms with van der Waals surface area (Å²) in [7, 11) is 2.18. The van der Waals surface area contributed by atoms with Gasteiger partial charge in [-0.05, 0) is 43.5 Å². The maximum atomic E-state index is 5.73. The molecule has 0 heterocycles. The first-order chi connectivity index (χ1) is 9.20. The van der Waals surface area contributed by atoms with Crippen LogP contribution in [0.2, 0.25) is 0 Å². The lowest BCUT2D eigenvalue weighted by Gasteiger charge is -2.15. The maximum Gasteiger partial charge on any atom is 0.0717 e. The van der Waals surface area contributed by atoms with Gasteiger partial charge in [0.25, 0.3) is 0 Å². The fraction of sp³-hybridized carbons (Fsp3) is 0.625. The summed E-state index contributed by atoms with van der Waals surface area (Å²) in [6.45, 7) is 5.40. The zero-order valence-electron chi connectivity index (χ0n) is 12.1. The highest BCUT2D eigenvalue weighted by atomic mass is 16.5. The summed E-state index contributed by atoms with van der Waals surface area (Å²) in [4.78, 5) is 2.39. The van der Waals surface area contributed by atoms with E-state index in [0.717, 1.165) is 19.2 Å². The SMILES string of the molecule is CC(CN)c1ccc(COCCN(C)C2CC2)cc1. The van der Waals surface area contributed by atoms with E-state index >= 15 is 0 Å². The molecule has 0 radical (unpaired) electrons. The number of nitrogens with zero attached hydrogens (tertiary/aromatic N) is 1. The number of benzene rings is 1. The largest absolute Gasteiger partial charge is 0.375 e. The van der Waals surface area contributed by atoms with Crippen molar-refractivity contribution < 1.29 is 4.74 Å². The van der Waals surface area contributed by atoms with Crippen LogP contribution in [0.4, 0.5) is 0 Å². The van der Waals surface area contributed by atoms with E-state index in [0.29, 0.717) is 19.1 Å². The molecule has 1 aliphatic rings. The molecule has 1 fully saturated rings. The van der Waals surface area contributed by atoms with Crippen molar-refractivity contribution in [1.29, 1.82) is 0 Å². The van der Waals surface area contributed by atoms with E-state index in [1.165, 1.54) is 24.0 Å². The number of hydrogen-bond acceptors (Lipinski definition) is 3. The first-order valence-corrected chi connectivity index (χ1v) is 7.27. The van der Waals surface area contributed by atoms with Crippen molar-refractivity contribution in [1.82, 2.24) is 4.90 Å². The lowest BCUT2D eigenvalue weighted by molar-refractivity contribution is 0.0978. The topological polar surface area (TPSA) is 38.5 Å². The van der Waals surface area contributed by atoms with E-state index in [2.05, 4.69) is 43.1 Å². The molecule has 0 amide bonds. The minimum absolute atomic E-state index is 0.433. The molecule has 0 bridgehead atoms. The van der Waals surface area contributed by atoms with Gasteiger partial charge in [0, 0.05) is 12.6 Å². The molecule has 3 heteroatoms. The number of likely N-dealkylation sites (N-methyl/N-ethyl adjacent to an activating group) is 1. The van der Waals surface area contributed by atoms with Crippen LogP contribution in [0.25, 0.3) is 0 Å². The van der Waals surface area contributed by atoms with Crippen LogP contribution < -0.4 is 5.73 Å². The minimum atomic E-state index is 0.433. The van der Waals surface area contributed by atoms with Gasteiger partial charge in [-0.15, -0.1) is 0 Å². The van der Waals surface area contributed by atoms with Crippen LogP contribution in [0.3, 0.4) is 0 Å². The average molecular weight is 262 g/mol. The summed E-state index contributed by atoms with van der Waals surface area (Å²) in [5.41, 5.74) is 8.21. The lowest BCUT2D eigenvalue weighted by atomic mass is 10.0. The van der Waals surface area contributed by atoms with Crippen molar-refractivity contribution in [2.75, 3.05) is 26.7 Å². The number of rotatable bonds is 8. The molecule has 0 aromatic heterocycles. The first-order valence-electron chi connectivity index (χ1n) is 7.27. The predicted molar refractivity (Wildman–Crippen MR) is 79.2 cm³/mol. The van der Waals surface area contributed by atoms with Gasteiger partial charge in [-0.25, -0.2) is 0 Å². The van der Waals surface area contributed by atoms with Gasteiger partial charge in [-0.2, -0.15) is 0 Å². The molecule has 3 nitrogen and oxygen atoms in total. The van der Waals surface area contributed by atoms with E-state index in [9.17, 15) is 0 Å². The molecular formula is C16H26N2O. The van der Waals surface area contributed by atoms with Crippen molar-refractivity contribution in [2.45, 2.75) is 38.3 Å². The van der Waals surface area contributed by atoms with Crippen LogP contribution >= 0.6 is 0 Å². The third kappa shape index (κ3) is 4.60. The Hall–Kier alpha value is -0.900. The summed E-state index contributed by atoms with van der Waals surface area (Å²) >= 11 is 0. The van der Waals surface area contributed by atoms with E-state index in [1.54, 1.807) is 0 Å². The molecule has 1 atom stereocenters. The number of hydrogen-bond donors (Lipinski definition) is 1. The van der Waals surface area contributed by atoms with Gasteiger partial charge < -0.3 is 15.4 Å². The standard InChI is InChI=1S/C16H26N2O/c1-13(11-17)15-5-3-14(4-6-15)12-19-10-9-18(2)16-7-8-16/h3-6,13,16H,7-12,17H2,1-2H3. The van der Waals surface area contributed by atoms with Crippen LogP contribution in [0, 0.1) is 0 Å². The van der Waals surface area contributed by atoms with E-state index in [-0.39, 0.29) is 0 Å². The van der Waals surface area contributed by atoms with Gasteiger partial charge in [0.05, 0.1) is 13.2 Å². The van der Waals surface area contributed by atoms with Crippen molar-refractivity contribution in [3.63, 3.8) is 0 Å². The Morgan fingerprint density at radius 1 is 1.32 bits per heavy atom. The number of ether oxygens (including phenoxy) is 1. The molecule has 1 aliphatic carbocycles. The van der Waals surface area contributed by atoms with Crippen LogP contribution in [0.5, 0.6) is 0 Å². The third-order valence-corrected chi connectivity index (χ3v) is 3.93. The second-order valence-electron chi connectivity index (χ2n) is 5.64. The fourth-order valence-electron chi connectivity index (χ4n) is 2.17. The van der Waals surface area contributed by atoms with Gasteiger partial charge in [-0.1, -0.05) is 31.2 Å². The Labute approximate surface area is 116 Å². The molecule has 0 aliphatic heterocycles. The lowest BCUT2D eigenvalue weighted by Crippen LogP contribution is -2.25. The first kappa shape index (κ1) is 14.5. The fourth-order valence-corrected chi connectivity index (χ4v) is 2.17. The smallest absolute Gasteiger partial charge is 0.0717 e. The summed E-state index contributed by atoms with van der Waals surface area (Å²) in [5.74, 6) is 0.433. The molecule has 1 saturated carbocycles. The molecule has 0 saturated heterocycles. The molecular weight excluding hydrogens is 236 g/mol. The average Bonchev–Trinajstić information content (AvgIpc) is 3.27. The molecule has 106 valence electrons. The highest BCUT2D eigenvalue weighted by Gasteiger charge is 2.25. The van der Waals surface area contributed by atoms with Crippen LogP contribution in [0.15, 0.2) is 24.3 Å². The monoisotopic (exact) mass is 262 g/mol. The van der Waals surface area contributed by atoms with Gasteiger partial charge in [0.2, 0.25) is 0 Å². The van der Waals surface area contributed by atoms with Gasteiger partial charge in [0.1, 0.15) is 0 Å². The zero-order chi connectivity index (χ0) is 13.7. The molecule has 1 aromatic rings. The van der Waals surface area contributed by atoms with Gasteiger partial charge in [0.15, 0.2) is 0 Å². The third-order valence-electron chi connectivity index (χ3n) is 3.93. The predicted octanol–water partition coefficient (Wildman–Crippen LogP) is 2.36. The maximum absolute atomic E-state index is 5.73. The Balaban J connectivity index is 1.67. The molecule has 0 spiro atoms. The summed E-state index contributed by atoms with van der Waals surface area (Å²) in [6.07, 6.45) is 2.72. The van der Waals surface area contributed by atoms with Crippen LogP contribution in [0.1, 0.15) is 36.8 Å².